The van der Waals surface area contributed by atoms with Gasteiger partial charge in [0.15, 0.2) is 0 Å². The fraction of sp³-hybridized carbons (Fsp3) is 0.444. The first-order valence-electron chi connectivity index (χ1n) is 7.25. The number of ether oxygens (including phenoxy) is 1. The Kier molecular flexibility index (Phi) is 6.41. The van der Waals surface area contributed by atoms with Crippen LogP contribution in [0, 0.1) is 45.3 Å². The van der Waals surface area contributed by atoms with E-state index in [-0.39, 0.29) is 16.6 Å². The molecule has 5 nitrogen and oxygen atoms in total. The van der Waals surface area contributed by atoms with E-state index in [1.54, 1.807) is 6.26 Å². The van der Waals surface area contributed by atoms with E-state index in [0.29, 0.717) is 10.5 Å². The molecule has 0 N–H and O–H groups in total. The van der Waals surface area contributed by atoms with Crippen molar-refractivity contribution >= 4 is 17.7 Å². The smallest absolute Gasteiger partial charge is 0.349 e. The number of nitrogens with zero attached hydrogens (tertiary/aromatic N) is 3. The van der Waals surface area contributed by atoms with Gasteiger partial charge in [-0.2, -0.15) is 15.8 Å². The highest BCUT2D eigenvalue weighted by atomic mass is 32.2. The number of methoxy groups -OCH3 is 1. The van der Waals surface area contributed by atoms with Crippen LogP contribution >= 0.6 is 11.8 Å². The molecule has 0 aromatic heterocycles. The Morgan fingerprint density at radius 2 is 1.88 bits per heavy atom. The number of rotatable bonds is 3. The summed E-state index contributed by atoms with van der Waals surface area (Å²) in [6.07, 6.45) is 4.32. The lowest BCUT2D eigenvalue weighted by atomic mass is 9.65. The summed E-state index contributed by atoms with van der Waals surface area (Å²) < 4.78 is 4.72. The predicted molar refractivity (Wildman–Crippen MR) is 92.1 cm³/mol. The van der Waals surface area contributed by atoms with Gasteiger partial charge in [-0.1, -0.05) is 25.5 Å². The van der Waals surface area contributed by atoms with Gasteiger partial charge >= 0.3 is 5.97 Å². The molecule has 1 aliphatic carbocycles. The third kappa shape index (κ3) is 3.70. The van der Waals surface area contributed by atoms with Crippen molar-refractivity contribution < 1.29 is 9.53 Å². The third-order valence-corrected chi connectivity index (χ3v) is 4.85. The van der Waals surface area contributed by atoms with Crippen LogP contribution < -0.4 is 0 Å². The van der Waals surface area contributed by atoms with Gasteiger partial charge in [0.1, 0.15) is 29.4 Å². The molecule has 0 aliphatic heterocycles. The summed E-state index contributed by atoms with van der Waals surface area (Å²) >= 11 is 1.27. The van der Waals surface area contributed by atoms with Crippen LogP contribution in [0.15, 0.2) is 33.3 Å². The van der Waals surface area contributed by atoms with E-state index in [9.17, 15) is 20.6 Å². The van der Waals surface area contributed by atoms with Crippen molar-refractivity contribution in [3.8, 4) is 18.2 Å². The lowest BCUT2D eigenvalue weighted by molar-refractivity contribution is -0.135. The quantitative estimate of drug-likeness (QED) is 0.441. The summed E-state index contributed by atoms with van der Waals surface area (Å²) in [6.45, 7) is 5.95. The van der Waals surface area contributed by atoms with Crippen molar-refractivity contribution in [2.45, 2.75) is 27.2 Å². The second-order valence-electron chi connectivity index (χ2n) is 6.19. The first kappa shape index (κ1) is 19.6. The lowest BCUT2D eigenvalue weighted by Gasteiger charge is -2.40. The van der Waals surface area contributed by atoms with Gasteiger partial charge in [0.05, 0.1) is 7.11 Å². The van der Waals surface area contributed by atoms with Crippen molar-refractivity contribution in [1.29, 1.82) is 15.8 Å². The second-order valence-corrected chi connectivity index (χ2v) is 7.04. The molecule has 1 rings (SSSR count). The van der Waals surface area contributed by atoms with E-state index in [1.165, 1.54) is 18.9 Å². The summed E-state index contributed by atoms with van der Waals surface area (Å²) in [4.78, 5) is 12.5. The van der Waals surface area contributed by atoms with Crippen molar-refractivity contribution in [2.24, 2.45) is 11.3 Å². The highest BCUT2D eigenvalue weighted by molar-refractivity contribution is 8.02. The van der Waals surface area contributed by atoms with Crippen LogP contribution in [0.2, 0.25) is 0 Å². The number of carbonyl (C=O) groups is 1. The van der Waals surface area contributed by atoms with E-state index in [4.69, 9.17) is 4.74 Å². The summed E-state index contributed by atoms with van der Waals surface area (Å²) in [5, 5.41) is 28.1. The molecule has 0 fully saturated rings. The topological polar surface area (TPSA) is 97.7 Å². The zero-order chi connectivity index (χ0) is 18.5. The average Bonchev–Trinajstić information content (AvgIpc) is 2.53. The largest absolute Gasteiger partial charge is 0.465 e. The van der Waals surface area contributed by atoms with Gasteiger partial charge in [0, 0.05) is 10.8 Å². The maximum atomic E-state index is 12.0. The molecule has 1 atom stereocenters. The normalized spacial score (nSPS) is 19.8. The van der Waals surface area contributed by atoms with E-state index < -0.39 is 11.9 Å². The molecule has 0 amide bonds. The number of nitriles is 3. The molecule has 0 saturated heterocycles. The summed E-state index contributed by atoms with van der Waals surface area (Å²) in [6, 6.07) is 5.78. The maximum Gasteiger partial charge on any atom is 0.349 e. The monoisotopic (exact) mass is 341 g/mol. The minimum absolute atomic E-state index is 0.000769. The summed E-state index contributed by atoms with van der Waals surface area (Å²) in [7, 11) is 1.22. The molecule has 0 radical (unpaired) electrons. The molecular formula is C18H19N3O2S. The average molecular weight is 341 g/mol. The summed E-state index contributed by atoms with van der Waals surface area (Å²) in [5.41, 5.74) is 1.16. The van der Waals surface area contributed by atoms with Gasteiger partial charge in [-0.15, -0.1) is 11.8 Å². The van der Waals surface area contributed by atoms with Crippen LogP contribution in [-0.4, -0.2) is 19.3 Å². The molecule has 0 aromatic rings. The zero-order valence-electron chi connectivity index (χ0n) is 14.4. The second kappa shape index (κ2) is 7.86. The van der Waals surface area contributed by atoms with Crippen molar-refractivity contribution in [2.75, 3.05) is 13.4 Å². The minimum atomic E-state index is -0.709. The lowest BCUT2D eigenvalue weighted by Crippen LogP contribution is -2.31. The van der Waals surface area contributed by atoms with E-state index in [2.05, 4.69) is 0 Å². The van der Waals surface area contributed by atoms with Gasteiger partial charge in [0.25, 0.3) is 0 Å². The first-order valence-corrected chi connectivity index (χ1v) is 8.47. The molecule has 6 heteroatoms. The van der Waals surface area contributed by atoms with Crippen LogP contribution in [-0.2, 0) is 9.53 Å². The standard InChI is InChI=1S/C18H19N3O2S/c1-11-6-13(12(8-19)9-20)15(18(2,3)7-11)16(24-5)14(10-21)17(22)23-4/h6,15H,7H2,1-5H3. The molecular weight excluding hydrogens is 322 g/mol. The van der Waals surface area contributed by atoms with Gasteiger partial charge in [-0.05, 0) is 30.6 Å². The highest BCUT2D eigenvalue weighted by Crippen LogP contribution is 2.50. The summed E-state index contributed by atoms with van der Waals surface area (Å²) in [5.74, 6) is -1.11. The van der Waals surface area contributed by atoms with E-state index >= 15 is 0 Å². The van der Waals surface area contributed by atoms with E-state index in [0.717, 1.165) is 12.0 Å². The Balaban J connectivity index is 3.85. The number of allylic oxidation sites excluding steroid dienone is 5. The van der Waals surface area contributed by atoms with Gasteiger partial charge < -0.3 is 4.74 Å². The fourth-order valence-electron chi connectivity index (χ4n) is 3.18. The molecule has 1 unspecified atom stereocenters. The molecule has 0 spiro atoms. The number of thioether (sulfide) groups is 1. The SMILES string of the molecule is COC(=O)C(C#N)=C(SC)C1C(=C(C#N)C#N)C=C(C)CC1(C)C. The minimum Gasteiger partial charge on any atom is -0.465 e. The molecule has 0 heterocycles. The van der Waals surface area contributed by atoms with Crippen molar-refractivity contribution in [3.63, 3.8) is 0 Å². The third-order valence-electron chi connectivity index (χ3n) is 3.97. The van der Waals surface area contributed by atoms with Gasteiger partial charge in [-0.25, -0.2) is 4.79 Å². The Bertz CT molecular complexity index is 752. The van der Waals surface area contributed by atoms with Gasteiger partial charge in [-0.3, -0.25) is 0 Å². The maximum absolute atomic E-state index is 12.0. The molecule has 1 aliphatic rings. The Hall–Kier alpha value is -2.49. The van der Waals surface area contributed by atoms with Crippen molar-refractivity contribution in [1.82, 2.24) is 0 Å². The Labute approximate surface area is 146 Å². The molecule has 0 bridgehead atoms. The fourth-order valence-corrected chi connectivity index (χ4v) is 4.19. The molecule has 124 valence electrons. The zero-order valence-corrected chi connectivity index (χ0v) is 15.2. The number of carbonyl (C=O) groups excluding carboxylic acids is 1. The Morgan fingerprint density at radius 3 is 2.29 bits per heavy atom. The molecule has 0 aromatic carbocycles. The van der Waals surface area contributed by atoms with Crippen LogP contribution in [0.1, 0.15) is 27.2 Å². The van der Waals surface area contributed by atoms with Crippen LogP contribution in [0.5, 0.6) is 0 Å². The van der Waals surface area contributed by atoms with Crippen LogP contribution in [0.3, 0.4) is 0 Å². The number of esters is 1. The highest BCUT2D eigenvalue weighted by Gasteiger charge is 2.41. The molecule has 24 heavy (non-hydrogen) atoms. The van der Waals surface area contributed by atoms with E-state index in [1.807, 2.05) is 45.1 Å². The van der Waals surface area contributed by atoms with Crippen molar-refractivity contribution in [3.05, 3.63) is 33.3 Å². The van der Waals surface area contributed by atoms with Crippen LogP contribution in [0.25, 0.3) is 0 Å². The first-order chi connectivity index (χ1) is 11.3. The number of hydrogen-bond acceptors (Lipinski definition) is 6. The van der Waals surface area contributed by atoms with Gasteiger partial charge in [0.2, 0.25) is 0 Å². The van der Waals surface area contributed by atoms with Crippen LogP contribution in [0.4, 0.5) is 0 Å². The number of hydrogen-bond donors (Lipinski definition) is 0. The Morgan fingerprint density at radius 1 is 1.29 bits per heavy atom. The predicted octanol–water partition coefficient (Wildman–Crippen LogP) is 3.64. The molecule has 0 saturated carbocycles.